The van der Waals surface area contributed by atoms with Crippen LogP contribution in [0.15, 0.2) is 60.7 Å². The van der Waals surface area contributed by atoms with Gasteiger partial charge in [-0.25, -0.2) is 0 Å². The molecule has 0 saturated heterocycles. The molecule has 334 valence electrons. The first-order chi connectivity index (χ1) is 30.4. The van der Waals surface area contributed by atoms with Crippen LogP contribution in [0, 0.1) is 5.92 Å². The normalized spacial score (nSPS) is 16.6. The summed E-state index contributed by atoms with van der Waals surface area (Å²) < 4.78 is 0. The van der Waals surface area contributed by atoms with E-state index in [1.807, 2.05) is 50.2 Å². The number of rotatable bonds is 20. The number of anilines is 2. The van der Waals surface area contributed by atoms with Gasteiger partial charge in [0.15, 0.2) is 0 Å². The molecule has 3 aromatic carbocycles. The van der Waals surface area contributed by atoms with Crippen molar-refractivity contribution in [1.29, 1.82) is 0 Å². The molecule has 1 aromatic heterocycles. The summed E-state index contributed by atoms with van der Waals surface area (Å²) in [6.45, 7) is 6.54. The molecule has 16 nitrogen and oxygen atoms in total. The van der Waals surface area contributed by atoms with Crippen LogP contribution >= 0.6 is 15.9 Å². The summed E-state index contributed by atoms with van der Waals surface area (Å²) in [5.41, 5.74) is 11.2. The number of aromatic amines is 1. The van der Waals surface area contributed by atoms with Crippen molar-refractivity contribution in [3.63, 3.8) is 0 Å². The van der Waals surface area contributed by atoms with Gasteiger partial charge in [-0.3, -0.25) is 39.0 Å². The summed E-state index contributed by atoms with van der Waals surface area (Å²) in [5, 5.41) is 26.1. The Hall–Kier alpha value is -5.78. The topological polar surface area (TPSA) is 222 Å². The fourth-order valence-corrected chi connectivity index (χ4v) is 9.47. The molecule has 8 N–H and O–H groups in total. The number of carbonyl (C=O) groups excluding carboxylic acids is 6. The molecule has 4 heterocycles. The third-order valence-electron chi connectivity index (χ3n) is 12.1. The van der Waals surface area contributed by atoms with E-state index in [4.69, 9.17) is 5.73 Å². The molecule has 0 radical (unpaired) electrons. The SMILES string of the molecule is CC(C)[C@H](NCC(=O)NCCNC(=O)CCCN1C(=O)C=CC1=O)C(=O)N[C@@H](CCCN)CN1CCc2c1ccc1[nH]c(C(=O)N3C[C@@H](CBr)c4c3cc(O)c3ccccc43)cc21. The number of imide groups is 1. The molecule has 3 aliphatic rings. The van der Waals surface area contributed by atoms with Crippen molar-refractivity contribution < 1.29 is 33.9 Å². The van der Waals surface area contributed by atoms with E-state index >= 15 is 0 Å². The molecule has 0 bridgehead atoms. The quantitative estimate of drug-likeness (QED) is 0.0390. The van der Waals surface area contributed by atoms with E-state index in [-0.39, 0.29) is 91.7 Å². The number of hydrogen-bond acceptors (Lipinski definition) is 10. The number of halogens is 1. The van der Waals surface area contributed by atoms with Crippen LogP contribution in [-0.2, 0) is 30.4 Å². The molecule has 4 aromatic rings. The predicted octanol–water partition coefficient (Wildman–Crippen LogP) is 3.30. The number of hydrogen-bond donors (Lipinski definition) is 7. The summed E-state index contributed by atoms with van der Waals surface area (Å²) in [6.07, 6.45) is 5.03. The number of nitrogens with zero attached hydrogens (tertiary/aromatic N) is 3. The first-order valence-electron chi connectivity index (χ1n) is 21.7. The molecule has 0 spiro atoms. The highest BCUT2D eigenvalue weighted by atomic mass is 79.9. The second-order valence-corrected chi connectivity index (χ2v) is 17.4. The standard InChI is InChI=1S/C46H56BrN9O7/c1-27(2)44(51-24-40(59)50-18-17-49-39(58)10-6-19-55-41(60)13-14-42(55)61)45(62)52-29(7-5-16-48)26-54-20-15-30-33-21-35(53-34(33)11-12-36(30)54)46(63)56-25-28(23-47)43-32-9-4-3-8-31(32)38(57)22-37(43)56/h3-4,8-9,11-14,21-22,27-29,44,51,53,57H,5-7,10,15-20,23-26,48H2,1-2H3,(H,49,58)(H,50,59)(H,52,62)/t28-,29+,44+/m1/s1. The maximum Gasteiger partial charge on any atom is 0.274 e. The minimum Gasteiger partial charge on any atom is -0.507 e. The highest BCUT2D eigenvalue weighted by Gasteiger charge is 2.36. The van der Waals surface area contributed by atoms with E-state index < -0.39 is 6.04 Å². The number of nitrogens with two attached hydrogens (primary N) is 1. The molecule has 17 heteroatoms. The molecule has 3 atom stereocenters. The van der Waals surface area contributed by atoms with Gasteiger partial charge in [0.1, 0.15) is 11.4 Å². The maximum atomic E-state index is 14.2. The zero-order valence-electron chi connectivity index (χ0n) is 35.7. The largest absolute Gasteiger partial charge is 0.507 e. The third kappa shape index (κ3) is 10.1. The summed E-state index contributed by atoms with van der Waals surface area (Å²) >= 11 is 3.66. The van der Waals surface area contributed by atoms with Gasteiger partial charge < -0.3 is 41.6 Å². The molecule has 0 fully saturated rings. The summed E-state index contributed by atoms with van der Waals surface area (Å²) in [7, 11) is 0. The number of carbonyl (C=O) groups is 6. The van der Waals surface area contributed by atoms with Gasteiger partial charge in [0.25, 0.3) is 17.7 Å². The van der Waals surface area contributed by atoms with Gasteiger partial charge in [-0.15, -0.1) is 0 Å². The zero-order chi connectivity index (χ0) is 44.8. The van der Waals surface area contributed by atoms with E-state index in [0.717, 1.165) is 62.0 Å². The highest BCUT2D eigenvalue weighted by molar-refractivity contribution is 9.09. The Labute approximate surface area is 374 Å². The van der Waals surface area contributed by atoms with Crippen LogP contribution in [0.5, 0.6) is 5.75 Å². The average Bonchev–Trinajstić information content (AvgIpc) is 4.06. The second-order valence-electron chi connectivity index (χ2n) is 16.7. The van der Waals surface area contributed by atoms with Crippen LogP contribution < -0.4 is 36.8 Å². The first kappa shape index (κ1) is 45.3. The molecular weight excluding hydrogens is 870 g/mol. The summed E-state index contributed by atoms with van der Waals surface area (Å²) in [6, 6.07) is 14.6. The number of aromatic nitrogens is 1. The van der Waals surface area contributed by atoms with E-state index in [1.165, 1.54) is 12.2 Å². The van der Waals surface area contributed by atoms with Crippen molar-refractivity contribution in [2.24, 2.45) is 11.7 Å². The average molecular weight is 927 g/mol. The Morgan fingerprint density at radius 1 is 0.937 bits per heavy atom. The molecule has 7 rings (SSSR count). The number of alkyl halides is 1. The number of nitrogens with one attached hydrogen (secondary N) is 5. The second kappa shape index (κ2) is 20.2. The fraction of sp³-hybridized carbons (Fsp3) is 0.435. The number of H-pyrrole nitrogens is 1. The van der Waals surface area contributed by atoms with Crippen LogP contribution in [0.2, 0.25) is 0 Å². The molecule has 0 saturated carbocycles. The van der Waals surface area contributed by atoms with Crippen LogP contribution in [0.1, 0.15) is 67.1 Å². The van der Waals surface area contributed by atoms with Crippen LogP contribution in [-0.4, -0.2) is 120 Å². The molecule has 3 aliphatic heterocycles. The molecule has 0 unspecified atom stereocenters. The number of aromatic hydroxyl groups is 1. The first-order valence-corrected chi connectivity index (χ1v) is 22.8. The Morgan fingerprint density at radius 2 is 1.67 bits per heavy atom. The molecule has 0 aliphatic carbocycles. The van der Waals surface area contributed by atoms with Gasteiger partial charge >= 0.3 is 0 Å². The molecule has 6 amide bonds. The third-order valence-corrected chi connectivity index (χ3v) is 12.9. The summed E-state index contributed by atoms with van der Waals surface area (Å²) in [5.74, 6) is -1.62. The Morgan fingerprint density at radius 3 is 2.38 bits per heavy atom. The maximum absolute atomic E-state index is 14.2. The number of fused-ring (bicyclic) bond motifs is 6. The van der Waals surface area contributed by atoms with Gasteiger partial charge in [0.05, 0.1) is 18.3 Å². The monoisotopic (exact) mass is 925 g/mol. The minimum atomic E-state index is -0.642. The Balaban J connectivity index is 0.930. The lowest BCUT2D eigenvalue weighted by molar-refractivity contribution is -0.137. The van der Waals surface area contributed by atoms with Crippen molar-refractivity contribution in [3.8, 4) is 5.75 Å². The lowest BCUT2D eigenvalue weighted by Crippen LogP contribution is -2.54. The van der Waals surface area contributed by atoms with Crippen LogP contribution in [0.4, 0.5) is 11.4 Å². The van der Waals surface area contributed by atoms with Crippen LogP contribution in [0.3, 0.4) is 0 Å². The van der Waals surface area contributed by atoms with E-state index in [1.54, 1.807) is 11.0 Å². The van der Waals surface area contributed by atoms with Crippen molar-refractivity contribution in [2.45, 2.75) is 64.0 Å². The van der Waals surface area contributed by atoms with Crippen molar-refractivity contribution in [3.05, 3.63) is 77.5 Å². The van der Waals surface area contributed by atoms with Gasteiger partial charge in [-0.05, 0) is 72.9 Å². The van der Waals surface area contributed by atoms with Gasteiger partial charge in [-0.1, -0.05) is 54.0 Å². The zero-order valence-corrected chi connectivity index (χ0v) is 37.3. The molecule has 63 heavy (non-hydrogen) atoms. The van der Waals surface area contributed by atoms with Gasteiger partial charge in [0.2, 0.25) is 17.7 Å². The van der Waals surface area contributed by atoms with Gasteiger partial charge in [0, 0.05) is 103 Å². The minimum absolute atomic E-state index is 0.0692. The van der Waals surface area contributed by atoms with Crippen molar-refractivity contribution in [2.75, 3.05) is 67.5 Å². The number of phenolic OH excluding ortho intramolecular Hbond substituents is 1. The lowest BCUT2D eigenvalue weighted by atomic mass is 9.95. The lowest BCUT2D eigenvalue weighted by Gasteiger charge is -2.29. The van der Waals surface area contributed by atoms with E-state index in [9.17, 15) is 33.9 Å². The molecular formula is C46H56BrN9O7. The Kier molecular flexibility index (Phi) is 14.5. The fourth-order valence-electron chi connectivity index (χ4n) is 8.94. The van der Waals surface area contributed by atoms with E-state index in [0.29, 0.717) is 49.9 Å². The Bertz CT molecular complexity index is 2420. The summed E-state index contributed by atoms with van der Waals surface area (Å²) in [4.78, 5) is 84.7. The number of phenols is 1. The number of benzene rings is 3. The van der Waals surface area contributed by atoms with E-state index in [2.05, 4.69) is 53.1 Å². The smallest absolute Gasteiger partial charge is 0.274 e. The van der Waals surface area contributed by atoms with Gasteiger partial charge in [-0.2, -0.15) is 0 Å². The van der Waals surface area contributed by atoms with Crippen molar-refractivity contribution in [1.82, 2.24) is 31.2 Å². The highest BCUT2D eigenvalue weighted by Crippen LogP contribution is 2.46. The van der Waals surface area contributed by atoms with Crippen LogP contribution in [0.25, 0.3) is 21.7 Å². The number of amides is 6. The predicted molar refractivity (Wildman–Crippen MR) is 246 cm³/mol. The van der Waals surface area contributed by atoms with Crippen molar-refractivity contribution >= 4 is 84.4 Å².